The van der Waals surface area contributed by atoms with E-state index in [1.165, 1.54) is 0 Å². The van der Waals surface area contributed by atoms with Gasteiger partial charge in [-0.1, -0.05) is 51.2 Å². The predicted molar refractivity (Wildman–Crippen MR) is 208 cm³/mol. The van der Waals surface area contributed by atoms with Gasteiger partial charge in [0.15, 0.2) is 0 Å². The maximum absolute atomic E-state index is 5.66. The Morgan fingerprint density at radius 2 is 0.593 bits per heavy atom. The van der Waals surface area contributed by atoms with Crippen molar-refractivity contribution >= 4 is 0 Å². The van der Waals surface area contributed by atoms with Crippen molar-refractivity contribution in [2.45, 2.75) is 19.6 Å². The van der Waals surface area contributed by atoms with Crippen LogP contribution in [0.3, 0.4) is 0 Å². The fraction of sp³-hybridized carbons (Fsp3) is 0.0667. The summed E-state index contributed by atoms with van der Waals surface area (Å²) in [7, 11) is 0. The van der Waals surface area contributed by atoms with E-state index in [0.29, 0.717) is 70.1 Å². The molecule has 0 fully saturated rings. The van der Waals surface area contributed by atoms with E-state index in [1.807, 2.05) is 73.2 Å². The summed E-state index contributed by atoms with van der Waals surface area (Å²) in [6, 6.07) is 22.7. The number of nitrogens with zero attached hydrogens (tertiary/aromatic N) is 9. The highest BCUT2D eigenvalue weighted by Crippen LogP contribution is 2.31. The van der Waals surface area contributed by atoms with Gasteiger partial charge in [0.2, 0.25) is 0 Å². The van der Waals surface area contributed by atoms with Crippen LogP contribution in [0.2, 0.25) is 0 Å². The van der Waals surface area contributed by atoms with Crippen LogP contribution in [0, 0.1) is 74.1 Å². The zero-order valence-corrected chi connectivity index (χ0v) is 28.8. The Balaban J connectivity index is 1.24. The van der Waals surface area contributed by atoms with Crippen LogP contribution in [0.4, 0.5) is 0 Å². The Hall–Kier alpha value is -8.34. The van der Waals surface area contributed by atoms with E-state index in [0.717, 1.165) is 33.4 Å². The summed E-state index contributed by atoms with van der Waals surface area (Å²) >= 11 is 0. The van der Waals surface area contributed by atoms with Gasteiger partial charge in [-0.3, -0.25) is 0 Å². The lowest BCUT2D eigenvalue weighted by molar-refractivity contribution is 0.649. The van der Waals surface area contributed by atoms with Crippen molar-refractivity contribution in [3.63, 3.8) is 0 Å². The van der Waals surface area contributed by atoms with Gasteiger partial charge in [-0.05, 0) is 89.5 Å². The molecule has 0 amide bonds. The number of rotatable bonds is 9. The molecule has 0 spiro atoms. The Labute approximate surface area is 313 Å². The van der Waals surface area contributed by atoms with E-state index in [9.17, 15) is 0 Å². The van der Waals surface area contributed by atoms with Crippen molar-refractivity contribution in [2.75, 3.05) is 0 Å². The van der Waals surface area contributed by atoms with E-state index < -0.39 is 0 Å². The van der Waals surface area contributed by atoms with Gasteiger partial charge in [0.25, 0.3) is 0 Å². The number of hydrogen-bond donors (Lipinski definition) is 0. The maximum Gasteiger partial charge on any atom is 0.113 e. The van der Waals surface area contributed by atoms with Crippen LogP contribution in [-0.2, 0) is 19.6 Å². The highest BCUT2D eigenvalue weighted by atomic mass is 15.4. The lowest BCUT2D eigenvalue weighted by Crippen LogP contribution is -2.01. The molecule has 0 aliphatic carbocycles. The molecule has 0 aliphatic rings. The van der Waals surface area contributed by atoms with Gasteiger partial charge < -0.3 is 0 Å². The number of terminal acetylenes is 6. The molecule has 0 saturated carbocycles. The molecule has 0 aliphatic heterocycles. The first-order chi connectivity index (χ1) is 26.3. The molecule has 3 heterocycles. The molecule has 0 atom stereocenters. The van der Waals surface area contributed by atoms with E-state index in [4.69, 9.17) is 38.5 Å². The van der Waals surface area contributed by atoms with E-state index in [-0.39, 0.29) is 0 Å². The molecular formula is C45H27N9. The number of aromatic nitrogens is 9. The van der Waals surface area contributed by atoms with Crippen molar-refractivity contribution in [1.29, 1.82) is 0 Å². The van der Waals surface area contributed by atoms with Crippen LogP contribution < -0.4 is 0 Å². The van der Waals surface area contributed by atoms with Gasteiger partial charge in [-0.2, -0.15) is 0 Å². The number of benzene rings is 4. The molecule has 9 nitrogen and oxygen atoms in total. The van der Waals surface area contributed by atoms with Crippen LogP contribution in [0.5, 0.6) is 0 Å². The molecule has 7 aromatic rings. The second-order valence-electron chi connectivity index (χ2n) is 12.3. The molecule has 3 aromatic heterocycles. The smallest absolute Gasteiger partial charge is 0.113 e. The molecule has 0 N–H and O–H groups in total. The third kappa shape index (κ3) is 7.54. The maximum atomic E-state index is 5.66. The molecule has 0 radical (unpaired) electrons. The molecule has 9 heteroatoms. The average molecular weight is 694 g/mol. The Morgan fingerprint density at radius 1 is 0.352 bits per heavy atom. The van der Waals surface area contributed by atoms with Gasteiger partial charge in [-0.25, -0.2) is 14.0 Å². The van der Waals surface area contributed by atoms with E-state index >= 15 is 0 Å². The second kappa shape index (κ2) is 14.9. The summed E-state index contributed by atoms with van der Waals surface area (Å²) in [5.74, 6) is 15.9. The first-order valence-electron chi connectivity index (χ1n) is 16.4. The van der Waals surface area contributed by atoms with Crippen LogP contribution in [0.1, 0.15) is 50.1 Å². The molecule has 252 valence electrons. The van der Waals surface area contributed by atoms with Gasteiger partial charge in [0, 0.05) is 50.1 Å². The molecule has 0 unspecified atom stereocenters. The third-order valence-electron chi connectivity index (χ3n) is 8.45. The van der Waals surface area contributed by atoms with Crippen molar-refractivity contribution in [2.24, 2.45) is 0 Å². The van der Waals surface area contributed by atoms with Gasteiger partial charge in [0.1, 0.15) is 17.1 Å². The SMILES string of the molecule is C#Cc1cc(C#C)cc(Cn2cc(-c3cc(-c4cn(Cc5cc(C#C)cc(C#C)c5)nn4)cc(-c4cn(Cc5cc(C#C)cc(C#C)c5)nn4)c3)nn2)c1. The minimum Gasteiger partial charge on any atom is -0.247 e. The van der Waals surface area contributed by atoms with Crippen LogP contribution in [0.25, 0.3) is 33.8 Å². The Bertz CT molecular complexity index is 2420. The standard InChI is InChI=1S/C45H27N9/c1-7-31-13-32(8-2)17-37(16-31)25-52-28-43(46-49-52)40-22-41(44-29-53(50-47-44)26-38-18-33(9-3)14-34(10-4)19-38)24-42(23-40)45-30-54(51-48-45)27-39-20-35(11-5)15-36(12-6)21-39/h1-6,13-24,28-30H,25-27H2. The minimum absolute atomic E-state index is 0.414. The zero-order valence-electron chi connectivity index (χ0n) is 28.8. The summed E-state index contributed by atoms with van der Waals surface area (Å²) in [5, 5.41) is 26.7. The quantitative estimate of drug-likeness (QED) is 0.186. The fourth-order valence-electron chi connectivity index (χ4n) is 6.01. The van der Waals surface area contributed by atoms with Crippen molar-refractivity contribution in [3.05, 3.63) is 141 Å². The van der Waals surface area contributed by atoms with Gasteiger partial charge >= 0.3 is 0 Å². The summed E-state index contributed by atoms with van der Waals surface area (Å²) in [4.78, 5) is 0. The summed E-state index contributed by atoms with van der Waals surface area (Å²) < 4.78 is 5.19. The molecule has 0 saturated heterocycles. The summed E-state index contributed by atoms with van der Waals surface area (Å²) in [6.45, 7) is 1.24. The van der Waals surface area contributed by atoms with Crippen molar-refractivity contribution in [1.82, 2.24) is 45.0 Å². The molecular weight excluding hydrogens is 667 g/mol. The molecule has 54 heavy (non-hydrogen) atoms. The van der Waals surface area contributed by atoms with Crippen LogP contribution >= 0.6 is 0 Å². The summed E-state index contributed by atoms with van der Waals surface area (Å²) in [6.07, 6.45) is 39.6. The Morgan fingerprint density at radius 3 is 0.815 bits per heavy atom. The van der Waals surface area contributed by atoms with E-state index in [1.54, 1.807) is 32.2 Å². The fourth-order valence-corrected chi connectivity index (χ4v) is 6.01. The Kier molecular flexibility index (Phi) is 9.40. The zero-order chi connectivity index (χ0) is 37.6. The monoisotopic (exact) mass is 693 g/mol. The van der Waals surface area contributed by atoms with Crippen molar-refractivity contribution < 1.29 is 0 Å². The average Bonchev–Trinajstić information content (AvgIpc) is 3.99. The lowest BCUT2D eigenvalue weighted by Gasteiger charge is -2.06. The predicted octanol–water partition coefficient (Wildman–Crippen LogP) is 5.49. The second-order valence-corrected chi connectivity index (χ2v) is 12.3. The first-order valence-corrected chi connectivity index (χ1v) is 16.4. The van der Waals surface area contributed by atoms with E-state index in [2.05, 4.69) is 66.5 Å². The minimum atomic E-state index is 0.414. The first kappa shape index (κ1) is 34.1. The largest absolute Gasteiger partial charge is 0.247 e. The van der Waals surface area contributed by atoms with Crippen molar-refractivity contribution in [3.8, 4) is 108 Å². The molecule has 0 bridgehead atoms. The molecule has 4 aromatic carbocycles. The lowest BCUT2D eigenvalue weighted by atomic mass is 10.0. The highest BCUT2D eigenvalue weighted by molar-refractivity contribution is 5.77. The highest BCUT2D eigenvalue weighted by Gasteiger charge is 2.15. The van der Waals surface area contributed by atoms with Gasteiger partial charge in [-0.15, -0.1) is 53.8 Å². The summed E-state index contributed by atoms with van der Waals surface area (Å²) in [5.41, 5.74) is 11.1. The van der Waals surface area contributed by atoms with Crippen LogP contribution in [0.15, 0.2) is 91.4 Å². The normalized spacial score (nSPS) is 10.3. The number of hydrogen-bond acceptors (Lipinski definition) is 6. The van der Waals surface area contributed by atoms with Crippen LogP contribution in [-0.4, -0.2) is 45.0 Å². The third-order valence-corrected chi connectivity index (χ3v) is 8.45. The topological polar surface area (TPSA) is 92.1 Å². The molecule has 7 rings (SSSR count). The van der Waals surface area contributed by atoms with Gasteiger partial charge in [0.05, 0.1) is 38.2 Å².